The molecule has 7 nitrogen and oxygen atoms in total. The Hall–Kier alpha value is -3.17. The average Bonchev–Trinajstić information content (AvgIpc) is 3.29. The van der Waals surface area contributed by atoms with Crippen LogP contribution in [0.4, 0.5) is 9.52 Å². The molecule has 0 unspecified atom stereocenters. The quantitative estimate of drug-likeness (QED) is 0.544. The van der Waals surface area contributed by atoms with Crippen LogP contribution in [0.3, 0.4) is 0 Å². The van der Waals surface area contributed by atoms with E-state index in [4.69, 9.17) is 11.6 Å². The Morgan fingerprint density at radius 3 is 2.71 bits per heavy atom. The first-order valence-corrected chi connectivity index (χ1v) is 9.32. The van der Waals surface area contributed by atoms with E-state index in [1.807, 2.05) is 0 Å². The van der Waals surface area contributed by atoms with Gasteiger partial charge in [0.05, 0.1) is 5.02 Å². The first-order chi connectivity index (χ1) is 13.5. The number of carbonyl (C=O) groups excluding carboxylic acids is 1. The summed E-state index contributed by atoms with van der Waals surface area (Å²) in [5.74, 6) is -0.845. The van der Waals surface area contributed by atoms with Gasteiger partial charge in [0.1, 0.15) is 22.9 Å². The van der Waals surface area contributed by atoms with Crippen molar-refractivity contribution >= 4 is 34.0 Å². The lowest BCUT2D eigenvalue weighted by molar-refractivity contribution is 0.102. The van der Waals surface area contributed by atoms with Gasteiger partial charge in [0.25, 0.3) is 5.91 Å². The van der Waals surface area contributed by atoms with E-state index in [9.17, 15) is 9.18 Å². The molecule has 1 aromatic carbocycles. The van der Waals surface area contributed by atoms with Gasteiger partial charge in [-0.3, -0.25) is 15.1 Å². The molecule has 4 rings (SSSR count). The fourth-order valence-corrected chi connectivity index (χ4v) is 3.44. The van der Waals surface area contributed by atoms with E-state index in [1.54, 1.807) is 42.9 Å². The van der Waals surface area contributed by atoms with Gasteiger partial charge < -0.3 is 0 Å². The number of anilines is 1. The Balaban J connectivity index is 1.60. The molecule has 140 valence electrons. The van der Waals surface area contributed by atoms with Crippen LogP contribution < -0.4 is 5.32 Å². The highest BCUT2D eigenvalue weighted by molar-refractivity contribution is 7.14. The number of aromatic nitrogens is 5. The van der Waals surface area contributed by atoms with Crippen molar-refractivity contribution in [3.8, 4) is 22.6 Å². The van der Waals surface area contributed by atoms with E-state index in [2.05, 4.69) is 25.5 Å². The number of hydrogen-bond acceptors (Lipinski definition) is 6. The molecule has 4 aromatic rings. The van der Waals surface area contributed by atoms with Crippen LogP contribution in [-0.4, -0.2) is 30.9 Å². The van der Waals surface area contributed by atoms with Crippen LogP contribution in [0.2, 0.25) is 5.02 Å². The Labute approximate surface area is 167 Å². The molecule has 1 amide bonds. The molecule has 0 aliphatic carbocycles. The van der Waals surface area contributed by atoms with Crippen molar-refractivity contribution < 1.29 is 9.18 Å². The summed E-state index contributed by atoms with van der Waals surface area (Å²) < 4.78 is 13.2. The molecule has 3 heterocycles. The Bertz CT molecular complexity index is 1160. The summed E-state index contributed by atoms with van der Waals surface area (Å²) in [5.41, 5.74) is 2.14. The minimum absolute atomic E-state index is 0.113. The minimum atomic E-state index is -0.472. The van der Waals surface area contributed by atoms with Crippen molar-refractivity contribution in [3.63, 3.8) is 0 Å². The van der Waals surface area contributed by atoms with Gasteiger partial charge in [0.15, 0.2) is 10.8 Å². The summed E-state index contributed by atoms with van der Waals surface area (Å²) in [5, 5.41) is 13.6. The zero-order chi connectivity index (χ0) is 19.7. The van der Waals surface area contributed by atoms with Crippen molar-refractivity contribution in [2.75, 3.05) is 5.32 Å². The molecule has 0 radical (unpaired) electrons. The lowest BCUT2D eigenvalue weighted by Gasteiger charge is -2.02. The van der Waals surface area contributed by atoms with Gasteiger partial charge >= 0.3 is 0 Å². The van der Waals surface area contributed by atoms with E-state index < -0.39 is 5.91 Å². The van der Waals surface area contributed by atoms with Crippen LogP contribution in [-0.2, 0) is 7.05 Å². The molecular weight excluding hydrogens is 403 g/mol. The van der Waals surface area contributed by atoms with Crippen molar-refractivity contribution in [2.45, 2.75) is 0 Å². The maximum absolute atomic E-state index is 13.2. The number of amides is 1. The number of nitrogens with one attached hydrogen (secondary N) is 1. The number of pyridine rings is 1. The summed E-state index contributed by atoms with van der Waals surface area (Å²) in [6, 6.07) is 9.13. The average molecular weight is 415 g/mol. The second-order valence-electron chi connectivity index (χ2n) is 5.72. The number of halogens is 2. The van der Waals surface area contributed by atoms with Crippen LogP contribution in [0.1, 0.15) is 10.5 Å². The second-order valence-corrected chi connectivity index (χ2v) is 6.98. The van der Waals surface area contributed by atoms with Gasteiger partial charge in [-0.2, -0.15) is 9.90 Å². The number of benzene rings is 1. The molecule has 10 heteroatoms. The van der Waals surface area contributed by atoms with Crippen molar-refractivity contribution in [2.24, 2.45) is 7.05 Å². The number of thiazole rings is 1. The van der Waals surface area contributed by atoms with Crippen molar-refractivity contribution in [1.82, 2.24) is 25.0 Å². The van der Waals surface area contributed by atoms with Crippen LogP contribution in [0.5, 0.6) is 0 Å². The summed E-state index contributed by atoms with van der Waals surface area (Å²) in [6.07, 6.45) is 1.62. The van der Waals surface area contributed by atoms with Gasteiger partial charge in [-0.25, -0.2) is 9.37 Å². The third kappa shape index (κ3) is 3.62. The highest BCUT2D eigenvalue weighted by atomic mass is 35.5. The van der Waals surface area contributed by atoms with Gasteiger partial charge in [-0.15, -0.1) is 16.4 Å². The molecule has 3 aromatic heterocycles. The van der Waals surface area contributed by atoms with Gasteiger partial charge in [-0.1, -0.05) is 11.6 Å². The summed E-state index contributed by atoms with van der Waals surface area (Å²) in [7, 11) is 1.61. The predicted molar refractivity (Wildman–Crippen MR) is 105 cm³/mol. The first-order valence-electron chi connectivity index (χ1n) is 8.06. The topological polar surface area (TPSA) is 85.6 Å². The minimum Gasteiger partial charge on any atom is -0.296 e. The van der Waals surface area contributed by atoms with E-state index in [1.165, 1.54) is 28.3 Å². The predicted octanol–water partition coefficient (Wildman–Crippen LogP) is 4.05. The van der Waals surface area contributed by atoms with Gasteiger partial charge in [0.2, 0.25) is 0 Å². The third-order valence-electron chi connectivity index (χ3n) is 3.77. The molecule has 0 aliphatic rings. The molecule has 28 heavy (non-hydrogen) atoms. The molecule has 1 N–H and O–H groups in total. The highest BCUT2D eigenvalue weighted by Gasteiger charge is 2.21. The first kappa shape index (κ1) is 18.2. The van der Waals surface area contributed by atoms with Crippen LogP contribution >= 0.6 is 22.9 Å². The van der Waals surface area contributed by atoms with Crippen molar-refractivity contribution in [1.29, 1.82) is 0 Å². The fraction of sp³-hybridized carbons (Fsp3) is 0.0556. The monoisotopic (exact) mass is 414 g/mol. The largest absolute Gasteiger partial charge is 0.296 e. The van der Waals surface area contributed by atoms with Crippen LogP contribution in [0.25, 0.3) is 22.6 Å². The number of hydrogen-bond donors (Lipinski definition) is 1. The smallest absolute Gasteiger partial charge is 0.280 e. The molecule has 0 spiro atoms. The molecule has 0 atom stereocenters. The number of rotatable bonds is 4. The lowest BCUT2D eigenvalue weighted by Crippen LogP contribution is -2.14. The Morgan fingerprint density at radius 2 is 1.96 bits per heavy atom. The Morgan fingerprint density at radius 1 is 1.18 bits per heavy atom. The fourth-order valence-electron chi connectivity index (χ4n) is 2.53. The Kier molecular flexibility index (Phi) is 4.84. The molecule has 0 saturated carbocycles. The summed E-state index contributed by atoms with van der Waals surface area (Å²) in [6.45, 7) is 0. The summed E-state index contributed by atoms with van der Waals surface area (Å²) in [4.78, 5) is 22.6. The number of carbonyl (C=O) groups is 1. The van der Waals surface area contributed by atoms with E-state index in [0.29, 0.717) is 32.8 Å². The van der Waals surface area contributed by atoms with Gasteiger partial charge in [0, 0.05) is 24.2 Å². The van der Waals surface area contributed by atoms with Crippen LogP contribution in [0.15, 0.2) is 48.0 Å². The zero-order valence-corrected chi connectivity index (χ0v) is 16.0. The molecule has 0 bridgehead atoms. The third-order valence-corrected chi connectivity index (χ3v) is 4.83. The molecule has 0 saturated heterocycles. The maximum Gasteiger partial charge on any atom is 0.280 e. The SMILES string of the molecule is Cn1nc(C(=O)Nc2nc(-c3ncccc3Cl)cs2)c(-c2ccc(F)cc2)n1. The van der Waals surface area contributed by atoms with Gasteiger partial charge in [-0.05, 0) is 36.4 Å². The van der Waals surface area contributed by atoms with E-state index in [-0.39, 0.29) is 11.5 Å². The molecular formula is C18H12ClFN6OS. The normalized spacial score (nSPS) is 10.8. The van der Waals surface area contributed by atoms with E-state index in [0.717, 1.165) is 0 Å². The number of nitrogens with zero attached hydrogens (tertiary/aromatic N) is 5. The van der Waals surface area contributed by atoms with Crippen molar-refractivity contribution in [3.05, 3.63) is 64.5 Å². The lowest BCUT2D eigenvalue weighted by atomic mass is 10.1. The van der Waals surface area contributed by atoms with E-state index >= 15 is 0 Å². The zero-order valence-electron chi connectivity index (χ0n) is 14.4. The highest BCUT2D eigenvalue weighted by Crippen LogP contribution is 2.29. The molecule has 0 aliphatic heterocycles. The van der Waals surface area contributed by atoms with Crippen LogP contribution in [0, 0.1) is 5.82 Å². The maximum atomic E-state index is 13.2. The standard InChI is InChI=1S/C18H12ClFN6OS/c1-26-24-14(10-4-6-11(20)7-5-10)16(25-26)17(27)23-18-22-13(9-28-18)15-12(19)3-2-8-21-15/h2-9H,1H3,(H,22,23,27). The summed E-state index contributed by atoms with van der Waals surface area (Å²) >= 11 is 7.38. The second kappa shape index (κ2) is 7.45. The molecule has 0 fully saturated rings. The number of aryl methyl sites for hydroxylation is 1.